The second-order valence-corrected chi connectivity index (χ2v) is 9.38. The fourth-order valence-corrected chi connectivity index (χ4v) is 5.48. The van der Waals surface area contributed by atoms with Gasteiger partial charge in [0.1, 0.15) is 12.4 Å². The van der Waals surface area contributed by atoms with Gasteiger partial charge in [0.2, 0.25) is 0 Å². The maximum Gasteiger partial charge on any atom is 0.258 e. The van der Waals surface area contributed by atoms with E-state index < -0.39 is 0 Å². The lowest BCUT2D eigenvalue weighted by Crippen LogP contribution is -2.56. The molecule has 2 heterocycles. The van der Waals surface area contributed by atoms with E-state index in [9.17, 15) is 9.18 Å². The second-order valence-electron chi connectivity index (χ2n) is 9.38. The summed E-state index contributed by atoms with van der Waals surface area (Å²) in [4.78, 5) is 15.5. The SMILES string of the molecule is Cc1ccc2c(c1)[C@H]1C[N+](C)(Cc3ccccc3)CC[C@H]1N2C(=O)c1ccc(F)cc1. The zero-order valence-electron chi connectivity index (χ0n) is 18.1. The van der Waals surface area contributed by atoms with Crippen molar-refractivity contribution in [3.8, 4) is 0 Å². The van der Waals surface area contributed by atoms with Crippen LogP contribution in [0.15, 0.2) is 72.8 Å². The van der Waals surface area contributed by atoms with Crippen molar-refractivity contribution >= 4 is 11.6 Å². The molecule has 0 aromatic heterocycles. The predicted molar refractivity (Wildman–Crippen MR) is 122 cm³/mol. The first-order valence-electron chi connectivity index (χ1n) is 11.0. The first-order valence-corrected chi connectivity index (χ1v) is 11.0. The summed E-state index contributed by atoms with van der Waals surface area (Å²) in [6.45, 7) is 5.14. The number of likely N-dealkylation sites (tertiary alicyclic amines) is 1. The third-order valence-electron chi connectivity index (χ3n) is 6.96. The Hall–Kier alpha value is -2.98. The Morgan fingerprint density at radius 2 is 1.81 bits per heavy atom. The number of carbonyl (C=O) groups is 1. The zero-order valence-corrected chi connectivity index (χ0v) is 18.1. The number of likely N-dealkylation sites (N-methyl/N-ethyl adjacent to an activating group) is 1. The van der Waals surface area contributed by atoms with Crippen LogP contribution in [0.1, 0.15) is 39.4 Å². The minimum atomic E-state index is -0.321. The van der Waals surface area contributed by atoms with Crippen LogP contribution in [0.4, 0.5) is 10.1 Å². The highest BCUT2D eigenvalue weighted by molar-refractivity contribution is 6.08. The van der Waals surface area contributed by atoms with Crippen molar-refractivity contribution in [1.29, 1.82) is 0 Å². The van der Waals surface area contributed by atoms with E-state index in [1.54, 1.807) is 12.1 Å². The summed E-state index contributed by atoms with van der Waals surface area (Å²) in [7, 11) is 2.34. The van der Waals surface area contributed by atoms with E-state index in [2.05, 4.69) is 62.5 Å². The van der Waals surface area contributed by atoms with Crippen LogP contribution in [0.2, 0.25) is 0 Å². The first kappa shape index (κ1) is 20.0. The van der Waals surface area contributed by atoms with E-state index in [-0.39, 0.29) is 17.8 Å². The summed E-state index contributed by atoms with van der Waals surface area (Å²) in [5.74, 6) is -0.0444. The quantitative estimate of drug-likeness (QED) is 0.532. The molecule has 2 aliphatic rings. The smallest absolute Gasteiger partial charge is 0.258 e. The molecule has 3 aromatic rings. The van der Waals surface area contributed by atoms with Crippen LogP contribution in [0.5, 0.6) is 0 Å². The minimum Gasteiger partial charge on any atom is -0.322 e. The Balaban J connectivity index is 1.49. The Labute approximate surface area is 183 Å². The fourth-order valence-electron chi connectivity index (χ4n) is 5.48. The van der Waals surface area contributed by atoms with Gasteiger partial charge < -0.3 is 9.38 Å². The second kappa shape index (κ2) is 7.61. The third kappa shape index (κ3) is 3.66. The number of carbonyl (C=O) groups excluding carboxylic acids is 1. The molecule has 1 fully saturated rings. The average Bonchev–Trinajstić information content (AvgIpc) is 3.06. The van der Waals surface area contributed by atoms with Gasteiger partial charge >= 0.3 is 0 Å². The summed E-state index contributed by atoms with van der Waals surface area (Å²) < 4.78 is 14.4. The third-order valence-corrected chi connectivity index (χ3v) is 6.96. The van der Waals surface area contributed by atoms with Gasteiger partial charge in [-0.15, -0.1) is 0 Å². The molecule has 3 atom stereocenters. The Kier molecular flexibility index (Phi) is 4.90. The van der Waals surface area contributed by atoms with Crippen LogP contribution in [0, 0.1) is 12.7 Å². The molecule has 3 nitrogen and oxygen atoms in total. The minimum absolute atomic E-state index is 0.0308. The Morgan fingerprint density at radius 1 is 1.06 bits per heavy atom. The van der Waals surface area contributed by atoms with Gasteiger partial charge in [0.25, 0.3) is 5.91 Å². The zero-order chi connectivity index (χ0) is 21.6. The maximum absolute atomic E-state index is 13.5. The molecule has 0 bridgehead atoms. The van der Waals surface area contributed by atoms with Gasteiger partial charge in [0.15, 0.2) is 0 Å². The van der Waals surface area contributed by atoms with Crippen LogP contribution in [0.3, 0.4) is 0 Å². The van der Waals surface area contributed by atoms with Crippen LogP contribution in [-0.4, -0.2) is 36.6 Å². The van der Waals surface area contributed by atoms with Crippen LogP contribution in [0.25, 0.3) is 0 Å². The molecule has 158 valence electrons. The molecule has 1 amide bonds. The molecule has 1 unspecified atom stereocenters. The van der Waals surface area contributed by atoms with Crippen molar-refractivity contribution < 1.29 is 13.7 Å². The van der Waals surface area contributed by atoms with Gasteiger partial charge in [0.05, 0.1) is 32.1 Å². The van der Waals surface area contributed by atoms with E-state index in [0.29, 0.717) is 11.5 Å². The first-order chi connectivity index (χ1) is 14.9. The summed E-state index contributed by atoms with van der Waals surface area (Å²) in [6, 6.07) is 23.2. The lowest BCUT2D eigenvalue weighted by Gasteiger charge is -2.44. The lowest BCUT2D eigenvalue weighted by atomic mass is 9.87. The number of nitrogens with zero attached hydrogens (tertiary/aromatic N) is 2. The van der Waals surface area contributed by atoms with Gasteiger partial charge in [-0.25, -0.2) is 4.39 Å². The number of halogens is 1. The summed E-state index contributed by atoms with van der Waals surface area (Å²) >= 11 is 0. The molecule has 2 aliphatic heterocycles. The number of rotatable bonds is 3. The molecule has 3 aromatic carbocycles. The average molecular weight is 416 g/mol. The van der Waals surface area contributed by atoms with Gasteiger partial charge in [-0.3, -0.25) is 4.79 Å². The van der Waals surface area contributed by atoms with Crippen molar-refractivity contribution in [2.75, 3.05) is 25.0 Å². The van der Waals surface area contributed by atoms with Crippen molar-refractivity contribution in [2.24, 2.45) is 0 Å². The molecule has 31 heavy (non-hydrogen) atoms. The van der Waals surface area contributed by atoms with Crippen molar-refractivity contribution in [3.05, 3.63) is 101 Å². The van der Waals surface area contributed by atoms with Crippen LogP contribution < -0.4 is 4.90 Å². The van der Waals surface area contributed by atoms with E-state index >= 15 is 0 Å². The fraction of sp³-hybridized carbons (Fsp3) is 0.296. The van der Waals surface area contributed by atoms with Gasteiger partial charge in [-0.2, -0.15) is 0 Å². The number of aryl methyl sites for hydroxylation is 1. The van der Waals surface area contributed by atoms with Gasteiger partial charge in [0, 0.05) is 23.2 Å². The van der Waals surface area contributed by atoms with Crippen LogP contribution in [-0.2, 0) is 6.54 Å². The number of quaternary nitrogens is 1. The Morgan fingerprint density at radius 3 is 2.55 bits per heavy atom. The number of hydrogen-bond acceptors (Lipinski definition) is 1. The number of amides is 1. The maximum atomic E-state index is 13.5. The predicted octanol–water partition coefficient (Wildman–Crippen LogP) is 5.30. The highest BCUT2D eigenvalue weighted by Crippen LogP contribution is 2.47. The molecule has 4 heteroatoms. The van der Waals surface area contributed by atoms with Gasteiger partial charge in [-0.05, 0) is 42.8 Å². The topological polar surface area (TPSA) is 20.3 Å². The number of piperidine rings is 1. The lowest BCUT2D eigenvalue weighted by molar-refractivity contribution is -0.928. The highest BCUT2D eigenvalue weighted by Gasteiger charge is 2.49. The van der Waals surface area contributed by atoms with E-state index in [1.807, 2.05) is 4.90 Å². The van der Waals surface area contributed by atoms with Crippen molar-refractivity contribution in [1.82, 2.24) is 0 Å². The number of benzene rings is 3. The summed E-state index contributed by atoms with van der Waals surface area (Å²) in [6.07, 6.45) is 0.953. The largest absolute Gasteiger partial charge is 0.322 e. The summed E-state index contributed by atoms with van der Waals surface area (Å²) in [5, 5.41) is 0. The molecule has 5 rings (SSSR count). The summed E-state index contributed by atoms with van der Waals surface area (Å²) in [5.41, 5.74) is 5.41. The Bertz CT molecular complexity index is 1110. The number of hydrogen-bond donors (Lipinski definition) is 0. The van der Waals surface area contributed by atoms with Crippen molar-refractivity contribution in [2.45, 2.75) is 31.8 Å². The molecule has 1 saturated heterocycles. The standard InChI is InChI=1S/C27H28FN2O/c1-19-8-13-25-23(16-19)24-18-30(2,17-20-6-4-3-5-7-20)15-14-26(24)29(25)27(31)21-9-11-22(28)12-10-21/h3-13,16,24,26H,14-15,17-18H2,1-2H3/q+1/t24-,26-,30?/m1/s1. The molecule has 0 N–H and O–H groups in total. The van der Waals surface area contributed by atoms with Crippen LogP contribution >= 0.6 is 0 Å². The molecule has 0 aliphatic carbocycles. The van der Waals surface area contributed by atoms with E-state index in [1.165, 1.54) is 28.8 Å². The number of anilines is 1. The van der Waals surface area contributed by atoms with Gasteiger partial charge in [-0.1, -0.05) is 48.0 Å². The normalized spacial score (nSPS) is 24.5. The molecular formula is C27H28FN2O+. The molecular weight excluding hydrogens is 387 g/mol. The van der Waals surface area contributed by atoms with E-state index in [0.717, 1.165) is 36.2 Å². The molecule has 0 saturated carbocycles. The van der Waals surface area contributed by atoms with E-state index in [4.69, 9.17) is 0 Å². The monoisotopic (exact) mass is 415 g/mol. The highest BCUT2D eigenvalue weighted by atomic mass is 19.1. The van der Waals surface area contributed by atoms with Crippen molar-refractivity contribution in [3.63, 3.8) is 0 Å². The molecule has 0 radical (unpaired) electrons. The number of fused-ring (bicyclic) bond motifs is 3. The molecule has 0 spiro atoms.